The van der Waals surface area contributed by atoms with Crippen molar-refractivity contribution >= 4 is 11.7 Å². The zero-order valence-electron chi connectivity index (χ0n) is 9.88. The lowest BCUT2D eigenvalue weighted by Gasteiger charge is -2.09. The van der Waals surface area contributed by atoms with Crippen LogP contribution >= 0.6 is 0 Å². The number of hydrogen-bond acceptors (Lipinski definition) is 4. The first-order valence-corrected chi connectivity index (χ1v) is 5.46. The highest BCUT2D eigenvalue weighted by Crippen LogP contribution is 2.13. The number of rotatable bonds is 5. The van der Waals surface area contributed by atoms with Gasteiger partial charge in [-0.3, -0.25) is 10.1 Å². The molecule has 1 unspecified atom stereocenters. The van der Waals surface area contributed by atoms with Crippen LogP contribution in [0.3, 0.4) is 0 Å². The lowest BCUT2D eigenvalue weighted by Crippen LogP contribution is -2.11. The van der Waals surface area contributed by atoms with Gasteiger partial charge in [-0.15, -0.1) is 0 Å². The van der Waals surface area contributed by atoms with E-state index in [0.717, 1.165) is 6.42 Å². The first kappa shape index (κ1) is 13.2. The van der Waals surface area contributed by atoms with E-state index >= 15 is 0 Å². The molecule has 0 saturated heterocycles. The van der Waals surface area contributed by atoms with Crippen molar-refractivity contribution in [1.82, 2.24) is 0 Å². The number of hydrogen-bond donors (Lipinski definition) is 0. The van der Waals surface area contributed by atoms with Crippen molar-refractivity contribution in [3.63, 3.8) is 0 Å². The minimum Gasteiger partial charge on any atom is -0.462 e. The Morgan fingerprint density at radius 3 is 2.47 bits per heavy atom. The molecule has 5 heteroatoms. The summed E-state index contributed by atoms with van der Waals surface area (Å²) in [6.45, 7) is 4.37. The molecule has 0 fully saturated rings. The Morgan fingerprint density at radius 2 is 2.00 bits per heavy atom. The highest BCUT2D eigenvalue weighted by atomic mass is 16.6. The zero-order chi connectivity index (χ0) is 12.8. The fourth-order valence-electron chi connectivity index (χ4n) is 1.14. The standard InChI is InChI=1S/C12H15NO4/c1-3-9(2)8-17-12(14)10-4-6-11(7-5-10)13(15)16/h4-7,9H,3,8H2,1-2H3. The second kappa shape index (κ2) is 5.98. The van der Waals surface area contributed by atoms with Crippen molar-refractivity contribution in [2.24, 2.45) is 5.92 Å². The number of ether oxygens (including phenoxy) is 1. The van der Waals surface area contributed by atoms with Gasteiger partial charge in [0.25, 0.3) is 5.69 Å². The van der Waals surface area contributed by atoms with E-state index in [-0.39, 0.29) is 5.69 Å². The first-order chi connectivity index (χ1) is 8.04. The minimum absolute atomic E-state index is 0.0384. The molecule has 0 N–H and O–H groups in total. The number of benzene rings is 1. The summed E-state index contributed by atoms with van der Waals surface area (Å²) < 4.78 is 5.07. The van der Waals surface area contributed by atoms with E-state index in [4.69, 9.17) is 4.74 Å². The monoisotopic (exact) mass is 237 g/mol. The van der Waals surface area contributed by atoms with Crippen LogP contribution in [0.2, 0.25) is 0 Å². The van der Waals surface area contributed by atoms with Crippen LogP contribution in [-0.4, -0.2) is 17.5 Å². The quantitative estimate of drug-likeness (QED) is 0.448. The van der Waals surface area contributed by atoms with Crippen LogP contribution in [0.1, 0.15) is 30.6 Å². The Kier molecular flexibility index (Phi) is 4.63. The number of nitro groups is 1. The van der Waals surface area contributed by atoms with Crippen molar-refractivity contribution in [2.45, 2.75) is 20.3 Å². The summed E-state index contributed by atoms with van der Waals surface area (Å²) in [7, 11) is 0. The van der Waals surface area contributed by atoms with Crippen LogP contribution in [0, 0.1) is 16.0 Å². The van der Waals surface area contributed by atoms with Gasteiger partial charge in [-0.05, 0) is 18.1 Å². The molecule has 1 aromatic rings. The Bertz CT molecular complexity index is 399. The molecular weight excluding hydrogens is 222 g/mol. The van der Waals surface area contributed by atoms with Gasteiger partial charge < -0.3 is 4.74 Å². The van der Waals surface area contributed by atoms with E-state index < -0.39 is 10.9 Å². The van der Waals surface area contributed by atoms with Gasteiger partial charge in [-0.1, -0.05) is 20.3 Å². The van der Waals surface area contributed by atoms with Gasteiger partial charge in [0.1, 0.15) is 0 Å². The third-order valence-electron chi connectivity index (χ3n) is 2.51. The molecule has 0 aliphatic heterocycles. The van der Waals surface area contributed by atoms with Gasteiger partial charge in [-0.2, -0.15) is 0 Å². The molecule has 0 radical (unpaired) electrons. The van der Waals surface area contributed by atoms with E-state index in [1.165, 1.54) is 24.3 Å². The third-order valence-corrected chi connectivity index (χ3v) is 2.51. The molecule has 0 aliphatic rings. The Hall–Kier alpha value is -1.91. The minimum atomic E-state index is -0.506. The van der Waals surface area contributed by atoms with Gasteiger partial charge in [0, 0.05) is 12.1 Å². The van der Waals surface area contributed by atoms with Crippen LogP contribution in [0.4, 0.5) is 5.69 Å². The summed E-state index contributed by atoms with van der Waals surface area (Å²) in [6.07, 6.45) is 0.938. The number of esters is 1. The summed E-state index contributed by atoms with van der Waals surface area (Å²) >= 11 is 0. The van der Waals surface area contributed by atoms with Crippen molar-refractivity contribution in [2.75, 3.05) is 6.61 Å². The Balaban J connectivity index is 2.61. The highest BCUT2D eigenvalue weighted by molar-refractivity contribution is 5.89. The number of carbonyl (C=O) groups excluding carboxylic acids is 1. The van der Waals surface area contributed by atoms with Crippen LogP contribution in [-0.2, 0) is 4.74 Å². The van der Waals surface area contributed by atoms with Crippen molar-refractivity contribution < 1.29 is 14.5 Å². The van der Waals surface area contributed by atoms with Gasteiger partial charge >= 0.3 is 5.97 Å². The van der Waals surface area contributed by atoms with Crippen LogP contribution in [0.5, 0.6) is 0 Å². The average Bonchev–Trinajstić information content (AvgIpc) is 2.35. The smallest absolute Gasteiger partial charge is 0.338 e. The maximum Gasteiger partial charge on any atom is 0.338 e. The van der Waals surface area contributed by atoms with Crippen molar-refractivity contribution in [3.8, 4) is 0 Å². The predicted molar refractivity (Wildman–Crippen MR) is 62.8 cm³/mol. The lowest BCUT2D eigenvalue weighted by atomic mass is 10.1. The number of nitrogens with zero attached hydrogens (tertiary/aromatic N) is 1. The first-order valence-electron chi connectivity index (χ1n) is 5.46. The van der Waals surface area contributed by atoms with Gasteiger partial charge in [0.05, 0.1) is 17.1 Å². The maximum atomic E-state index is 11.6. The van der Waals surface area contributed by atoms with E-state index in [1.807, 2.05) is 13.8 Å². The van der Waals surface area contributed by atoms with Gasteiger partial charge in [0.2, 0.25) is 0 Å². The summed E-state index contributed by atoms with van der Waals surface area (Å²) in [6, 6.07) is 5.38. The van der Waals surface area contributed by atoms with E-state index in [1.54, 1.807) is 0 Å². The second-order valence-electron chi connectivity index (χ2n) is 3.92. The molecule has 0 bridgehead atoms. The maximum absolute atomic E-state index is 11.6. The molecular formula is C12H15NO4. The Morgan fingerprint density at radius 1 is 1.41 bits per heavy atom. The molecule has 17 heavy (non-hydrogen) atoms. The number of non-ortho nitro benzene ring substituents is 1. The van der Waals surface area contributed by atoms with E-state index in [0.29, 0.717) is 18.1 Å². The molecule has 0 aromatic heterocycles. The van der Waals surface area contributed by atoms with Crippen molar-refractivity contribution in [1.29, 1.82) is 0 Å². The fourth-order valence-corrected chi connectivity index (χ4v) is 1.14. The topological polar surface area (TPSA) is 69.4 Å². The molecule has 0 spiro atoms. The normalized spacial score (nSPS) is 11.9. The molecule has 0 aliphatic carbocycles. The van der Waals surface area contributed by atoms with E-state index in [9.17, 15) is 14.9 Å². The second-order valence-corrected chi connectivity index (χ2v) is 3.92. The third kappa shape index (κ3) is 3.86. The number of nitro benzene ring substituents is 1. The molecule has 92 valence electrons. The summed E-state index contributed by atoms with van der Waals surface area (Å²) in [5, 5.41) is 10.4. The molecule has 1 aromatic carbocycles. The zero-order valence-corrected chi connectivity index (χ0v) is 9.88. The lowest BCUT2D eigenvalue weighted by molar-refractivity contribution is -0.384. The fraction of sp³-hybridized carbons (Fsp3) is 0.417. The van der Waals surface area contributed by atoms with Crippen LogP contribution < -0.4 is 0 Å². The van der Waals surface area contributed by atoms with Gasteiger partial charge in [0.15, 0.2) is 0 Å². The van der Waals surface area contributed by atoms with Crippen LogP contribution in [0.15, 0.2) is 24.3 Å². The molecule has 1 atom stereocenters. The SMILES string of the molecule is CCC(C)COC(=O)c1ccc([N+](=O)[O-])cc1. The summed E-state index contributed by atoms with van der Waals surface area (Å²) in [5.74, 6) is -0.128. The van der Waals surface area contributed by atoms with E-state index in [2.05, 4.69) is 0 Å². The summed E-state index contributed by atoms with van der Waals surface area (Å²) in [4.78, 5) is 21.5. The summed E-state index contributed by atoms with van der Waals surface area (Å²) in [5.41, 5.74) is 0.294. The predicted octanol–water partition coefficient (Wildman–Crippen LogP) is 2.80. The number of carbonyl (C=O) groups is 1. The highest BCUT2D eigenvalue weighted by Gasteiger charge is 2.11. The molecule has 0 amide bonds. The molecule has 5 nitrogen and oxygen atoms in total. The van der Waals surface area contributed by atoms with Crippen LogP contribution in [0.25, 0.3) is 0 Å². The average molecular weight is 237 g/mol. The van der Waals surface area contributed by atoms with Crippen molar-refractivity contribution in [3.05, 3.63) is 39.9 Å². The molecule has 0 saturated carbocycles. The Labute approximate surface area is 99.5 Å². The molecule has 1 rings (SSSR count). The van der Waals surface area contributed by atoms with Gasteiger partial charge in [-0.25, -0.2) is 4.79 Å². The largest absolute Gasteiger partial charge is 0.462 e. The molecule has 0 heterocycles.